The van der Waals surface area contributed by atoms with Crippen LogP contribution >= 0.6 is 0 Å². The molecule has 18 heavy (non-hydrogen) atoms. The molecule has 2 aliphatic heterocycles. The summed E-state index contributed by atoms with van der Waals surface area (Å²) in [5.74, 6) is -0.737. The maximum atomic E-state index is 10.2. The monoisotopic (exact) mass is 260 g/mol. The average molecular weight is 260 g/mol. The van der Waals surface area contributed by atoms with Gasteiger partial charge in [0.05, 0.1) is 24.9 Å². The van der Waals surface area contributed by atoms with Gasteiger partial charge in [-0.15, -0.1) is 0 Å². The molecule has 0 aromatic rings. The third kappa shape index (κ3) is 3.03. The van der Waals surface area contributed by atoms with Crippen molar-refractivity contribution in [1.29, 1.82) is 0 Å². The number of aliphatic hydroxyl groups excluding tert-OH is 2. The van der Waals surface area contributed by atoms with Crippen molar-refractivity contribution in [2.75, 3.05) is 13.2 Å². The fraction of sp³-hybridized carbons (Fsp3) is 1.00. The second-order valence-corrected chi connectivity index (χ2v) is 6.38. The zero-order valence-electron chi connectivity index (χ0n) is 11.5. The fourth-order valence-electron chi connectivity index (χ4n) is 2.68. The first-order valence-electron chi connectivity index (χ1n) is 6.52. The molecule has 2 rings (SSSR count). The average Bonchev–Trinajstić information content (AvgIpc) is 2.79. The first-order valence-corrected chi connectivity index (χ1v) is 6.52. The summed E-state index contributed by atoms with van der Waals surface area (Å²) in [6, 6.07) is 0. The van der Waals surface area contributed by atoms with Gasteiger partial charge in [0.15, 0.2) is 5.79 Å². The highest BCUT2D eigenvalue weighted by Crippen LogP contribution is 2.34. The van der Waals surface area contributed by atoms with Gasteiger partial charge in [-0.2, -0.15) is 0 Å². The Hall–Kier alpha value is -0.200. The SMILES string of the molecule is CC1(C)CC(C(O)C(O)C2COC(C)(C)O2)CO1. The van der Waals surface area contributed by atoms with Crippen molar-refractivity contribution >= 4 is 0 Å². The van der Waals surface area contributed by atoms with Crippen LogP contribution in [0.2, 0.25) is 0 Å². The number of aliphatic hydroxyl groups is 2. The van der Waals surface area contributed by atoms with Crippen LogP contribution in [-0.2, 0) is 14.2 Å². The van der Waals surface area contributed by atoms with Crippen molar-refractivity contribution in [2.24, 2.45) is 5.92 Å². The largest absolute Gasteiger partial charge is 0.390 e. The van der Waals surface area contributed by atoms with Gasteiger partial charge < -0.3 is 24.4 Å². The van der Waals surface area contributed by atoms with Crippen LogP contribution < -0.4 is 0 Å². The summed E-state index contributed by atoms with van der Waals surface area (Å²) >= 11 is 0. The highest BCUT2D eigenvalue weighted by atomic mass is 16.7. The van der Waals surface area contributed by atoms with E-state index < -0.39 is 24.1 Å². The first-order chi connectivity index (χ1) is 8.20. The molecule has 0 amide bonds. The lowest BCUT2D eigenvalue weighted by Gasteiger charge is -2.27. The highest BCUT2D eigenvalue weighted by molar-refractivity contribution is 4.91. The third-order valence-electron chi connectivity index (χ3n) is 3.69. The van der Waals surface area contributed by atoms with E-state index >= 15 is 0 Å². The fourth-order valence-corrected chi connectivity index (χ4v) is 2.68. The second-order valence-electron chi connectivity index (χ2n) is 6.38. The predicted octanol–water partition coefficient (Wildman–Crippen LogP) is 0.675. The minimum Gasteiger partial charge on any atom is -0.390 e. The lowest BCUT2D eigenvalue weighted by molar-refractivity contribution is -0.163. The van der Waals surface area contributed by atoms with E-state index in [1.54, 1.807) is 13.8 Å². The van der Waals surface area contributed by atoms with Crippen molar-refractivity contribution in [1.82, 2.24) is 0 Å². The molecular weight excluding hydrogens is 236 g/mol. The predicted molar refractivity (Wildman–Crippen MR) is 65.1 cm³/mol. The molecule has 2 saturated heterocycles. The Morgan fingerprint density at radius 2 is 1.67 bits per heavy atom. The van der Waals surface area contributed by atoms with Crippen LogP contribution in [0.4, 0.5) is 0 Å². The van der Waals surface area contributed by atoms with Crippen LogP contribution in [0, 0.1) is 5.92 Å². The molecule has 4 atom stereocenters. The maximum Gasteiger partial charge on any atom is 0.163 e. The molecular formula is C13H24O5. The summed E-state index contributed by atoms with van der Waals surface area (Å²) in [6.45, 7) is 8.36. The molecule has 2 heterocycles. The Kier molecular flexibility index (Phi) is 3.73. The van der Waals surface area contributed by atoms with Crippen LogP contribution in [0.1, 0.15) is 34.1 Å². The quantitative estimate of drug-likeness (QED) is 0.781. The zero-order chi connectivity index (χ0) is 13.6. The van der Waals surface area contributed by atoms with Gasteiger partial charge in [0, 0.05) is 5.92 Å². The minimum atomic E-state index is -0.936. The van der Waals surface area contributed by atoms with E-state index in [2.05, 4.69) is 0 Å². The van der Waals surface area contributed by atoms with Crippen molar-refractivity contribution in [2.45, 2.75) is 63.8 Å². The molecule has 5 nitrogen and oxygen atoms in total. The summed E-state index contributed by atoms with van der Waals surface area (Å²) in [5.41, 5.74) is -0.225. The first kappa shape index (κ1) is 14.2. The molecule has 0 aliphatic carbocycles. The molecule has 0 radical (unpaired) electrons. The van der Waals surface area contributed by atoms with E-state index in [-0.39, 0.29) is 11.5 Å². The van der Waals surface area contributed by atoms with Gasteiger partial charge in [-0.1, -0.05) is 0 Å². The van der Waals surface area contributed by atoms with Crippen LogP contribution in [0.5, 0.6) is 0 Å². The molecule has 2 aliphatic rings. The van der Waals surface area contributed by atoms with Crippen LogP contribution in [0.15, 0.2) is 0 Å². The van der Waals surface area contributed by atoms with Crippen molar-refractivity contribution in [3.05, 3.63) is 0 Å². The Bertz CT molecular complexity index is 272. The topological polar surface area (TPSA) is 68.2 Å². The number of rotatable bonds is 3. The second kappa shape index (κ2) is 4.72. The number of hydrogen-bond donors (Lipinski definition) is 2. The van der Waals surface area contributed by atoms with Gasteiger partial charge in [-0.05, 0) is 34.1 Å². The zero-order valence-corrected chi connectivity index (χ0v) is 11.5. The van der Waals surface area contributed by atoms with E-state index in [4.69, 9.17) is 14.2 Å². The minimum absolute atomic E-state index is 0.0534. The van der Waals surface area contributed by atoms with Crippen molar-refractivity contribution in [3.8, 4) is 0 Å². The number of hydrogen-bond acceptors (Lipinski definition) is 5. The summed E-state index contributed by atoms with van der Waals surface area (Å²) in [6.07, 6.45) is -1.51. The lowest BCUT2D eigenvalue weighted by atomic mass is 9.89. The number of ether oxygens (including phenoxy) is 3. The van der Waals surface area contributed by atoms with Crippen LogP contribution in [-0.4, -0.2) is 53.1 Å². The molecule has 0 saturated carbocycles. The van der Waals surface area contributed by atoms with Gasteiger partial charge in [-0.3, -0.25) is 0 Å². The maximum absolute atomic E-state index is 10.2. The molecule has 5 heteroatoms. The van der Waals surface area contributed by atoms with E-state index in [0.29, 0.717) is 13.2 Å². The Balaban J connectivity index is 1.92. The van der Waals surface area contributed by atoms with E-state index in [1.165, 1.54) is 0 Å². The normalized spacial score (nSPS) is 37.7. The van der Waals surface area contributed by atoms with Crippen LogP contribution in [0.25, 0.3) is 0 Å². The summed E-state index contributed by atoms with van der Waals surface area (Å²) in [4.78, 5) is 0. The van der Waals surface area contributed by atoms with E-state index in [1.807, 2.05) is 13.8 Å². The van der Waals surface area contributed by atoms with Gasteiger partial charge in [-0.25, -0.2) is 0 Å². The van der Waals surface area contributed by atoms with Crippen molar-refractivity contribution in [3.63, 3.8) is 0 Å². The van der Waals surface area contributed by atoms with Gasteiger partial charge in [0.2, 0.25) is 0 Å². The molecule has 2 N–H and O–H groups in total. The summed E-state index contributed by atoms with van der Waals surface area (Å²) in [7, 11) is 0. The van der Waals surface area contributed by atoms with Gasteiger partial charge >= 0.3 is 0 Å². The van der Waals surface area contributed by atoms with Gasteiger partial charge in [0.25, 0.3) is 0 Å². The molecule has 106 valence electrons. The standard InChI is InChI=1S/C13H24O5/c1-12(2)5-8(6-16-12)10(14)11(15)9-7-17-13(3,4)18-9/h8-11,14-15H,5-7H2,1-4H3. The molecule has 4 unspecified atom stereocenters. The molecule has 0 bridgehead atoms. The summed E-state index contributed by atoms with van der Waals surface area (Å²) < 4.78 is 16.6. The van der Waals surface area contributed by atoms with E-state index in [9.17, 15) is 10.2 Å². The van der Waals surface area contributed by atoms with E-state index in [0.717, 1.165) is 6.42 Å². The van der Waals surface area contributed by atoms with Crippen molar-refractivity contribution < 1.29 is 24.4 Å². The molecule has 0 aromatic carbocycles. The Labute approximate surface area is 108 Å². The Morgan fingerprint density at radius 1 is 1.00 bits per heavy atom. The molecule has 0 spiro atoms. The third-order valence-corrected chi connectivity index (χ3v) is 3.69. The van der Waals surface area contributed by atoms with Gasteiger partial charge in [0.1, 0.15) is 12.2 Å². The Morgan fingerprint density at radius 3 is 2.11 bits per heavy atom. The molecule has 2 fully saturated rings. The molecule has 0 aromatic heterocycles. The lowest BCUT2D eigenvalue weighted by Crippen LogP contribution is -2.44. The van der Waals surface area contributed by atoms with Crippen LogP contribution in [0.3, 0.4) is 0 Å². The smallest absolute Gasteiger partial charge is 0.163 e. The highest BCUT2D eigenvalue weighted by Gasteiger charge is 2.44. The summed E-state index contributed by atoms with van der Waals surface area (Å²) in [5, 5.41) is 20.4.